The topological polar surface area (TPSA) is 51.2 Å². The summed E-state index contributed by atoms with van der Waals surface area (Å²) < 4.78 is 6.28. The fraction of sp³-hybridized carbons (Fsp3) is 0.176. The van der Waals surface area contributed by atoms with E-state index >= 15 is 0 Å². The number of anilines is 1. The third kappa shape index (κ3) is 3.26. The number of methoxy groups -OCH3 is 1. The average molecular weight is 312 g/mol. The number of nitrogens with zero attached hydrogens (tertiary/aromatic N) is 1. The van der Waals surface area contributed by atoms with Crippen molar-refractivity contribution in [1.82, 2.24) is 4.98 Å². The molecule has 5 heteroatoms. The standard InChI is InChI=1S/C17H16N2O2S/c1-21-13-8-5-9-14-16(13)19-17(22-14)18-15(20)11-10-12-6-3-2-4-7-12/h2-9H,10-11H2,1H3,(H,18,19,20). The summed E-state index contributed by atoms with van der Waals surface area (Å²) in [6.07, 6.45) is 1.16. The largest absolute Gasteiger partial charge is 0.494 e. The molecule has 0 aliphatic heterocycles. The number of hydrogen-bond donors (Lipinski definition) is 1. The zero-order valence-electron chi connectivity index (χ0n) is 12.2. The molecular weight excluding hydrogens is 296 g/mol. The molecule has 0 saturated carbocycles. The van der Waals surface area contributed by atoms with Crippen LogP contribution in [-0.2, 0) is 11.2 Å². The number of fused-ring (bicyclic) bond motifs is 1. The van der Waals surface area contributed by atoms with Gasteiger partial charge in [0.2, 0.25) is 5.91 Å². The van der Waals surface area contributed by atoms with Crippen LogP contribution in [0.1, 0.15) is 12.0 Å². The highest BCUT2D eigenvalue weighted by Gasteiger charge is 2.10. The van der Waals surface area contributed by atoms with Crippen molar-refractivity contribution in [3.8, 4) is 5.75 Å². The lowest BCUT2D eigenvalue weighted by molar-refractivity contribution is -0.116. The number of rotatable bonds is 5. The Labute approximate surface area is 132 Å². The Morgan fingerprint density at radius 3 is 2.77 bits per heavy atom. The number of benzene rings is 2. The first-order chi connectivity index (χ1) is 10.8. The van der Waals surface area contributed by atoms with E-state index < -0.39 is 0 Å². The van der Waals surface area contributed by atoms with E-state index in [2.05, 4.69) is 10.3 Å². The molecule has 1 amide bonds. The summed E-state index contributed by atoms with van der Waals surface area (Å²) in [6.45, 7) is 0. The number of carbonyl (C=O) groups is 1. The number of ether oxygens (including phenoxy) is 1. The Morgan fingerprint density at radius 1 is 1.18 bits per heavy atom. The minimum Gasteiger partial charge on any atom is -0.494 e. The van der Waals surface area contributed by atoms with Gasteiger partial charge in [0.1, 0.15) is 11.3 Å². The summed E-state index contributed by atoms with van der Waals surface area (Å²) in [5.41, 5.74) is 1.94. The van der Waals surface area contributed by atoms with E-state index in [1.807, 2.05) is 48.5 Å². The molecule has 22 heavy (non-hydrogen) atoms. The smallest absolute Gasteiger partial charge is 0.226 e. The highest BCUT2D eigenvalue weighted by Crippen LogP contribution is 2.32. The number of nitrogens with one attached hydrogen (secondary N) is 1. The Balaban J connectivity index is 1.66. The lowest BCUT2D eigenvalue weighted by Gasteiger charge is -2.02. The summed E-state index contributed by atoms with van der Waals surface area (Å²) in [6, 6.07) is 15.7. The Kier molecular flexibility index (Phi) is 4.34. The van der Waals surface area contributed by atoms with Crippen LogP contribution >= 0.6 is 11.3 Å². The normalized spacial score (nSPS) is 10.6. The van der Waals surface area contributed by atoms with Crippen molar-refractivity contribution in [2.75, 3.05) is 12.4 Å². The van der Waals surface area contributed by atoms with Crippen LogP contribution < -0.4 is 10.1 Å². The predicted molar refractivity (Wildman–Crippen MR) is 89.6 cm³/mol. The second kappa shape index (κ2) is 6.58. The lowest BCUT2D eigenvalue weighted by Crippen LogP contribution is -2.12. The molecule has 1 N–H and O–H groups in total. The summed E-state index contributed by atoms with van der Waals surface area (Å²) >= 11 is 1.45. The molecule has 3 aromatic rings. The number of hydrogen-bond acceptors (Lipinski definition) is 4. The number of para-hydroxylation sites is 1. The van der Waals surface area contributed by atoms with E-state index in [1.165, 1.54) is 11.3 Å². The van der Waals surface area contributed by atoms with E-state index in [-0.39, 0.29) is 5.91 Å². The van der Waals surface area contributed by atoms with Crippen molar-refractivity contribution in [2.45, 2.75) is 12.8 Å². The van der Waals surface area contributed by atoms with Crippen LogP contribution in [0.25, 0.3) is 10.2 Å². The van der Waals surface area contributed by atoms with E-state index in [9.17, 15) is 4.79 Å². The molecule has 0 aliphatic rings. The molecule has 0 fully saturated rings. The molecule has 0 radical (unpaired) electrons. The van der Waals surface area contributed by atoms with Crippen molar-refractivity contribution >= 4 is 32.6 Å². The molecule has 1 aromatic heterocycles. The maximum atomic E-state index is 12.0. The van der Waals surface area contributed by atoms with Crippen LogP contribution in [0.15, 0.2) is 48.5 Å². The Morgan fingerprint density at radius 2 is 2.00 bits per heavy atom. The van der Waals surface area contributed by atoms with Crippen molar-refractivity contribution in [3.63, 3.8) is 0 Å². The van der Waals surface area contributed by atoms with Crippen LogP contribution in [0.3, 0.4) is 0 Å². The highest BCUT2D eigenvalue weighted by molar-refractivity contribution is 7.22. The molecule has 0 unspecified atom stereocenters. The number of amides is 1. The van der Waals surface area contributed by atoms with Crippen LogP contribution in [0.2, 0.25) is 0 Å². The van der Waals surface area contributed by atoms with Crippen LogP contribution in [0.5, 0.6) is 5.75 Å². The summed E-state index contributed by atoms with van der Waals surface area (Å²) in [7, 11) is 1.62. The first-order valence-corrected chi connectivity index (χ1v) is 7.85. The zero-order valence-corrected chi connectivity index (χ0v) is 13.0. The molecule has 4 nitrogen and oxygen atoms in total. The van der Waals surface area contributed by atoms with Gasteiger partial charge in [0, 0.05) is 6.42 Å². The summed E-state index contributed by atoms with van der Waals surface area (Å²) in [5, 5.41) is 3.47. The maximum absolute atomic E-state index is 12.0. The minimum atomic E-state index is -0.0260. The third-order valence-corrected chi connectivity index (χ3v) is 4.27. The first-order valence-electron chi connectivity index (χ1n) is 7.03. The molecule has 0 aliphatic carbocycles. The minimum absolute atomic E-state index is 0.0260. The van der Waals surface area contributed by atoms with Gasteiger partial charge >= 0.3 is 0 Å². The fourth-order valence-corrected chi connectivity index (χ4v) is 3.13. The van der Waals surface area contributed by atoms with Gasteiger partial charge in [-0.1, -0.05) is 47.7 Å². The molecule has 2 aromatic carbocycles. The molecule has 0 saturated heterocycles. The van der Waals surface area contributed by atoms with Gasteiger partial charge in [-0.05, 0) is 24.1 Å². The molecule has 0 atom stereocenters. The van der Waals surface area contributed by atoms with Crippen LogP contribution in [-0.4, -0.2) is 18.0 Å². The first kappa shape index (κ1) is 14.5. The van der Waals surface area contributed by atoms with Gasteiger partial charge in [0.25, 0.3) is 0 Å². The highest BCUT2D eigenvalue weighted by atomic mass is 32.1. The second-order valence-electron chi connectivity index (χ2n) is 4.86. The van der Waals surface area contributed by atoms with Crippen molar-refractivity contribution in [1.29, 1.82) is 0 Å². The van der Waals surface area contributed by atoms with Gasteiger partial charge in [-0.3, -0.25) is 4.79 Å². The molecule has 112 valence electrons. The van der Waals surface area contributed by atoms with Gasteiger partial charge in [-0.25, -0.2) is 4.98 Å². The van der Waals surface area contributed by atoms with E-state index in [0.717, 1.165) is 28.0 Å². The SMILES string of the molecule is COc1cccc2sc(NC(=O)CCc3ccccc3)nc12. The molecular formula is C17H16N2O2S. The fourth-order valence-electron chi connectivity index (χ4n) is 2.23. The van der Waals surface area contributed by atoms with Crippen molar-refractivity contribution < 1.29 is 9.53 Å². The third-order valence-electron chi connectivity index (χ3n) is 3.33. The number of carbonyl (C=O) groups excluding carboxylic acids is 1. The van der Waals surface area contributed by atoms with E-state index in [1.54, 1.807) is 7.11 Å². The number of aryl methyl sites for hydroxylation is 1. The van der Waals surface area contributed by atoms with Crippen molar-refractivity contribution in [3.05, 3.63) is 54.1 Å². The van der Waals surface area contributed by atoms with E-state index in [0.29, 0.717) is 11.6 Å². The monoisotopic (exact) mass is 312 g/mol. The second-order valence-corrected chi connectivity index (χ2v) is 5.89. The number of aromatic nitrogens is 1. The molecule has 1 heterocycles. The Hall–Kier alpha value is -2.40. The molecule has 0 bridgehead atoms. The van der Waals surface area contributed by atoms with Gasteiger partial charge in [0.15, 0.2) is 5.13 Å². The quantitative estimate of drug-likeness (QED) is 0.778. The van der Waals surface area contributed by atoms with E-state index in [4.69, 9.17) is 4.74 Å². The van der Waals surface area contributed by atoms with Crippen molar-refractivity contribution in [2.24, 2.45) is 0 Å². The Bertz CT molecular complexity index is 784. The van der Waals surface area contributed by atoms with Gasteiger partial charge in [-0.2, -0.15) is 0 Å². The molecule has 0 spiro atoms. The predicted octanol–water partition coefficient (Wildman–Crippen LogP) is 3.88. The zero-order chi connectivity index (χ0) is 15.4. The van der Waals surface area contributed by atoms with Gasteiger partial charge in [0.05, 0.1) is 11.8 Å². The van der Waals surface area contributed by atoms with Gasteiger partial charge < -0.3 is 10.1 Å². The summed E-state index contributed by atoms with van der Waals surface area (Å²) in [5.74, 6) is 0.695. The maximum Gasteiger partial charge on any atom is 0.226 e. The average Bonchev–Trinajstić information content (AvgIpc) is 2.96. The lowest BCUT2D eigenvalue weighted by atomic mass is 10.1. The summed E-state index contributed by atoms with van der Waals surface area (Å²) in [4.78, 5) is 16.5. The number of thiazole rings is 1. The van der Waals surface area contributed by atoms with Crippen LogP contribution in [0, 0.1) is 0 Å². The van der Waals surface area contributed by atoms with Crippen LogP contribution in [0.4, 0.5) is 5.13 Å². The molecule has 3 rings (SSSR count). The van der Waals surface area contributed by atoms with Gasteiger partial charge in [-0.15, -0.1) is 0 Å².